The van der Waals surface area contributed by atoms with Crippen LogP contribution < -0.4 is 20.1 Å². The van der Waals surface area contributed by atoms with Crippen molar-refractivity contribution in [3.63, 3.8) is 0 Å². The molecule has 0 saturated heterocycles. The molecule has 1 aliphatic heterocycles. The molecule has 2 aromatic rings. The average molecular weight is 256 g/mol. The number of ether oxygens (including phenoxy) is 2. The molecule has 0 aromatic heterocycles. The molecule has 0 spiro atoms. The Morgan fingerprint density at radius 1 is 1.11 bits per heavy atom. The van der Waals surface area contributed by atoms with Gasteiger partial charge in [0.1, 0.15) is 0 Å². The Kier molecular flexibility index (Phi) is 2.91. The Morgan fingerprint density at radius 2 is 1.95 bits per heavy atom. The number of hydrogen-bond donors (Lipinski definition) is 1. The van der Waals surface area contributed by atoms with Crippen molar-refractivity contribution in [2.75, 3.05) is 24.5 Å². The van der Waals surface area contributed by atoms with E-state index in [0.717, 1.165) is 29.4 Å². The van der Waals surface area contributed by atoms with E-state index in [4.69, 9.17) is 15.2 Å². The topological polar surface area (TPSA) is 47.7 Å². The maximum Gasteiger partial charge on any atom is 0.231 e. The van der Waals surface area contributed by atoms with Gasteiger partial charge >= 0.3 is 0 Å². The third kappa shape index (κ3) is 2.42. The minimum Gasteiger partial charge on any atom is -0.454 e. The molecule has 4 heteroatoms. The summed E-state index contributed by atoms with van der Waals surface area (Å²) >= 11 is 0. The van der Waals surface area contributed by atoms with Gasteiger partial charge in [0.15, 0.2) is 11.5 Å². The summed E-state index contributed by atoms with van der Waals surface area (Å²) in [7, 11) is 2.04. The predicted octanol–water partition coefficient (Wildman–Crippen LogP) is 2.63. The van der Waals surface area contributed by atoms with Gasteiger partial charge < -0.3 is 20.1 Å². The number of nitrogens with two attached hydrogens (primary N) is 1. The largest absolute Gasteiger partial charge is 0.454 e. The van der Waals surface area contributed by atoms with Crippen LogP contribution in [0.2, 0.25) is 0 Å². The van der Waals surface area contributed by atoms with E-state index in [1.807, 2.05) is 43.4 Å². The minimum atomic E-state index is 0.309. The lowest BCUT2D eigenvalue weighted by molar-refractivity contribution is 0.174. The third-order valence-corrected chi connectivity index (χ3v) is 3.17. The zero-order valence-corrected chi connectivity index (χ0v) is 10.8. The summed E-state index contributed by atoms with van der Waals surface area (Å²) in [6.45, 7) is 1.10. The summed E-state index contributed by atoms with van der Waals surface area (Å²) in [6.07, 6.45) is 0. The SMILES string of the molecule is CN(Cc1ccc2c(c1)OCO2)c1cccc(N)c1. The number of benzene rings is 2. The number of nitrogens with zero attached hydrogens (tertiary/aromatic N) is 1. The van der Waals surface area contributed by atoms with Crippen LogP contribution in [0.4, 0.5) is 11.4 Å². The van der Waals surface area contributed by atoms with E-state index in [2.05, 4.69) is 11.0 Å². The predicted molar refractivity (Wildman–Crippen MR) is 75.5 cm³/mol. The van der Waals surface area contributed by atoms with E-state index < -0.39 is 0 Å². The van der Waals surface area contributed by atoms with Crippen LogP contribution in [0.15, 0.2) is 42.5 Å². The number of hydrogen-bond acceptors (Lipinski definition) is 4. The Hall–Kier alpha value is -2.36. The van der Waals surface area contributed by atoms with Crippen LogP contribution in [-0.2, 0) is 6.54 Å². The second-order valence-corrected chi connectivity index (χ2v) is 4.64. The van der Waals surface area contributed by atoms with E-state index in [0.29, 0.717) is 6.79 Å². The fourth-order valence-electron chi connectivity index (χ4n) is 2.17. The molecule has 0 atom stereocenters. The second-order valence-electron chi connectivity index (χ2n) is 4.64. The van der Waals surface area contributed by atoms with Crippen LogP contribution in [0, 0.1) is 0 Å². The maximum absolute atomic E-state index is 5.80. The van der Waals surface area contributed by atoms with Crippen LogP contribution in [0.3, 0.4) is 0 Å². The highest BCUT2D eigenvalue weighted by Crippen LogP contribution is 2.33. The van der Waals surface area contributed by atoms with Crippen LogP contribution in [0.5, 0.6) is 11.5 Å². The molecule has 4 nitrogen and oxygen atoms in total. The summed E-state index contributed by atoms with van der Waals surface area (Å²) in [4.78, 5) is 2.15. The van der Waals surface area contributed by atoms with Gasteiger partial charge in [-0.15, -0.1) is 0 Å². The van der Waals surface area contributed by atoms with Crippen molar-refractivity contribution in [2.45, 2.75) is 6.54 Å². The molecule has 2 aromatic carbocycles. The van der Waals surface area contributed by atoms with Gasteiger partial charge in [-0.2, -0.15) is 0 Å². The fourth-order valence-corrected chi connectivity index (χ4v) is 2.17. The Bertz CT molecular complexity index is 598. The summed E-state index contributed by atoms with van der Waals surface area (Å²) in [5.41, 5.74) is 8.84. The van der Waals surface area contributed by atoms with Gasteiger partial charge in [-0.05, 0) is 35.9 Å². The number of fused-ring (bicyclic) bond motifs is 1. The van der Waals surface area contributed by atoms with Crippen molar-refractivity contribution in [3.05, 3.63) is 48.0 Å². The number of anilines is 2. The molecular formula is C15H16N2O2. The zero-order valence-electron chi connectivity index (χ0n) is 10.8. The van der Waals surface area contributed by atoms with Gasteiger partial charge in [-0.3, -0.25) is 0 Å². The number of nitrogen functional groups attached to an aromatic ring is 1. The van der Waals surface area contributed by atoms with Crippen molar-refractivity contribution in [1.29, 1.82) is 0 Å². The first kappa shape index (κ1) is 11.7. The molecule has 1 heterocycles. The van der Waals surface area contributed by atoms with Gasteiger partial charge in [-0.1, -0.05) is 12.1 Å². The highest BCUT2D eigenvalue weighted by molar-refractivity contribution is 5.56. The quantitative estimate of drug-likeness (QED) is 0.858. The van der Waals surface area contributed by atoms with Crippen molar-refractivity contribution in [2.24, 2.45) is 0 Å². The first-order valence-corrected chi connectivity index (χ1v) is 6.17. The summed E-state index contributed by atoms with van der Waals surface area (Å²) in [5, 5.41) is 0. The smallest absolute Gasteiger partial charge is 0.231 e. The highest BCUT2D eigenvalue weighted by atomic mass is 16.7. The summed E-state index contributed by atoms with van der Waals surface area (Å²) in [6, 6.07) is 13.9. The first-order chi connectivity index (χ1) is 9.22. The summed E-state index contributed by atoms with van der Waals surface area (Å²) < 4.78 is 10.7. The molecule has 0 amide bonds. The standard InChI is InChI=1S/C15H16N2O2/c1-17(13-4-2-3-12(16)8-13)9-11-5-6-14-15(7-11)19-10-18-14/h2-8H,9-10,16H2,1H3. The third-order valence-electron chi connectivity index (χ3n) is 3.17. The molecule has 1 aliphatic rings. The van der Waals surface area contributed by atoms with Gasteiger partial charge in [-0.25, -0.2) is 0 Å². The average Bonchev–Trinajstić information content (AvgIpc) is 2.86. The fraction of sp³-hybridized carbons (Fsp3) is 0.200. The molecule has 0 bridgehead atoms. The van der Waals surface area contributed by atoms with E-state index >= 15 is 0 Å². The maximum atomic E-state index is 5.80. The molecule has 3 rings (SSSR count). The lowest BCUT2D eigenvalue weighted by Gasteiger charge is -2.20. The van der Waals surface area contributed by atoms with Crippen molar-refractivity contribution < 1.29 is 9.47 Å². The van der Waals surface area contributed by atoms with E-state index in [1.165, 1.54) is 5.56 Å². The van der Waals surface area contributed by atoms with Crippen molar-refractivity contribution in [3.8, 4) is 11.5 Å². The van der Waals surface area contributed by atoms with E-state index in [-0.39, 0.29) is 0 Å². The van der Waals surface area contributed by atoms with Crippen LogP contribution in [-0.4, -0.2) is 13.8 Å². The van der Waals surface area contributed by atoms with Crippen LogP contribution in [0.1, 0.15) is 5.56 Å². The monoisotopic (exact) mass is 256 g/mol. The Morgan fingerprint density at radius 3 is 2.79 bits per heavy atom. The van der Waals surface area contributed by atoms with Gasteiger partial charge in [0.25, 0.3) is 0 Å². The molecule has 19 heavy (non-hydrogen) atoms. The molecular weight excluding hydrogens is 240 g/mol. The highest BCUT2D eigenvalue weighted by Gasteiger charge is 2.13. The number of rotatable bonds is 3. The molecule has 0 radical (unpaired) electrons. The van der Waals surface area contributed by atoms with Crippen molar-refractivity contribution in [1.82, 2.24) is 0 Å². The first-order valence-electron chi connectivity index (χ1n) is 6.17. The molecule has 0 unspecified atom stereocenters. The zero-order chi connectivity index (χ0) is 13.2. The van der Waals surface area contributed by atoms with Gasteiger partial charge in [0.2, 0.25) is 6.79 Å². The Balaban J connectivity index is 1.77. The van der Waals surface area contributed by atoms with Crippen molar-refractivity contribution >= 4 is 11.4 Å². The van der Waals surface area contributed by atoms with Crippen LogP contribution >= 0.6 is 0 Å². The molecule has 98 valence electrons. The summed E-state index contributed by atoms with van der Waals surface area (Å²) in [5.74, 6) is 1.63. The van der Waals surface area contributed by atoms with Gasteiger partial charge in [0.05, 0.1) is 0 Å². The second kappa shape index (κ2) is 4.72. The van der Waals surface area contributed by atoms with Gasteiger partial charge in [0, 0.05) is 25.0 Å². The van der Waals surface area contributed by atoms with Crippen LogP contribution in [0.25, 0.3) is 0 Å². The molecule has 0 aliphatic carbocycles. The Labute approximate surface area is 112 Å². The normalized spacial score (nSPS) is 12.5. The minimum absolute atomic E-state index is 0.309. The lowest BCUT2D eigenvalue weighted by atomic mass is 10.2. The van der Waals surface area contributed by atoms with E-state index in [1.54, 1.807) is 0 Å². The van der Waals surface area contributed by atoms with E-state index in [9.17, 15) is 0 Å². The molecule has 0 saturated carbocycles. The molecule has 2 N–H and O–H groups in total. The lowest BCUT2D eigenvalue weighted by Crippen LogP contribution is -2.16. The molecule has 0 fully saturated rings.